The molecule has 2 N–H and O–H groups in total. The number of hydrogen-bond acceptors (Lipinski definition) is 2. The molecule has 1 aliphatic carbocycles. The zero-order valence-corrected chi connectivity index (χ0v) is 10.5. The average molecular weight is 227 g/mol. The van der Waals surface area contributed by atoms with Crippen molar-refractivity contribution in [3.63, 3.8) is 0 Å². The number of carbonyl (C=O) groups excluding carboxylic acids is 1. The van der Waals surface area contributed by atoms with Gasteiger partial charge in [0.25, 0.3) is 0 Å². The van der Waals surface area contributed by atoms with E-state index in [4.69, 9.17) is 5.11 Å². The van der Waals surface area contributed by atoms with Crippen molar-refractivity contribution in [3.8, 4) is 0 Å². The van der Waals surface area contributed by atoms with E-state index >= 15 is 0 Å². The lowest BCUT2D eigenvalue weighted by atomic mass is 9.82. The van der Waals surface area contributed by atoms with E-state index in [2.05, 4.69) is 12.2 Å². The summed E-state index contributed by atoms with van der Waals surface area (Å²) in [4.78, 5) is 11.4. The molecule has 3 nitrogen and oxygen atoms in total. The Morgan fingerprint density at radius 2 is 2.25 bits per heavy atom. The van der Waals surface area contributed by atoms with Crippen molar-refractivity contribution < 1.29 is 9.90 Å². The second-order valence-electron chi connectivity index (χ2n) is 5.33. The van der Waals surface area contributed by atoms with Gasteiger partial charge in [0.15, 0.2) is 0 Å². The monoisotopic (exact) mass is 227 g/mol. The Bertz CT molecular complexity index is 216. The molecule has 3 atom stereocenters. The van der Waals surface area contributed by atoms with Crippen LogP contribution in [0.3, 0.4) is 0 Å². The predicted molar refractivity (Wildman–Crippen MR) is 65.0 cm³/mol. The number of aliphatic hydroxyl groups excluding tert-OH is 1. The largest absolute Gasteiger partial charge is 0.393 e. The fraction of sp³-hybridized carbons (Fsp3) is 0.923. The average Bonchev–Trinajstić information content (AvgIpc) is 2.23. The molecular weight excluding hydrogens is 202 g/mol. The minimum Gasteiger partial charge on any atom is -0.393 e. The minimum atomic E-state index is -0.375. The Labute approximate surface area is 98.6 Å². The van der Waals surface area contributed by atoms with E-state index in [9.17, 15) is 4.79 Å². The third-order valence-electron chi connectivity index (χ3n) is 3.42. The first-order valence-electron chi connectivity index (χ1n) is 6.52. The van der Waals surface area contributed by atoms with Crippen LogP contribution in [0.5, 0.6) is 0 Å². The maximum atomic E-state index is 11.4. The Kier molecular flexibility index (Phi) is 5.81. The van der Waals surface area contributed by atoms with Crippen molar-refractivity contribution in [1.29, 1.82) is 0 Å². The van der Waals surface area contributed by atoms with Crippen LogP contribution >= 0.6 is 0 Å². The van der Waals surface area contributed by atoms with Crippen LogP contribution in [0.2, 0.25) is 0 Å². The molecule has 16 heavy (non-hydrogen) atoms. The number of amides is 1. The van der Waals surface area contributed by atoms with Crippen LogP contribution in [0.15, 0.2) is 0 Å². The van der Waals surface area contributed by atoms with E-state index in [-0.39, 0.29) is 12.0 Å². The molecule has 0 radical (unpaired) electrons. The molecule has 0 bridgehead atoms. The SMILES string of the molecule is CC(O)CCC(=O)NCC1CCCC(C)C1. The van der Waals surface area contributed by atoms with Gasteiger partial charge in [0.2, 0.25) is 5.91 Å². The molecule has 3 heteroatoms. The Balaban J connectivity index is 2.11. The van der Waals surface area contributed by atoms with Crippen molar-refractivity contribution in [2.75, 3.05) is 6.54 Å². The van der Waals surface area contributed by atoms with Gasteiger partial charge in [-0.1, -0.05) is 19.8 Å². The van der Waals surface area contributed by atoms with Gasteiger partial charge in [-0.25, -0.2) is 0 Å². The molecule has 0 saturated heterocycles. The highest BCUT2D eigenvalue weighted by molar-refractivity contribution is 5.75. The summed E-state index contributed by atoms with van der Waals surface area (Å²) in [6.45, 7) is 4.83. The number of aliphatic hydroxyl groups is 1. The summed E-state index contributed by atoms with van der Waals surface area (Å²) < 4.78 is 0. The predicted octanol–water partition coefficient (Wildman–Crippen LogP) is 2.09. The smallest absolute Gasteiger partial charge is 0.220 e. The van der Waals surface area contributed by atoms with Gasteiger partial charge >= 0.3 is 0 Å². The van der Waals surface area contributed by atoms with Crippen molar-refractivity contribution in [2.24, 2.45) is 11.8 Å². The van der Waals surface area contributed by atoms with Crippen LogP contribution in [0.25, 0.3) is 0 Å². The first-order chi connectivity index (χ1) is 7.58. The van der Waals surface area contributed by atoms with Crippen LogP contribution in [-0.2, 0) is 4.79 Å². The van der Waals surface area contributed by atoms with E-state index in [0.717, 1.165) is 12.5 Å². The normalized spacial score (nSPS) is 27.4. The van der Waals surface area contributed by atoms with E-state index in [1.165, 1.54) is 25.7 Å². The molecule has 0 spiro atoms. The van der Waals surface area contributed by atoms with Crippen LogP contribution in [0.1, 0.15) is 52.4 Å². The third kappa shape index (κ3) is 5.50. The summed E-state index contributed by atoms with van der Waals surface area (Å²) in [5.41, 5.74) is 0. The van der Waals surface area contributed by atoms with Crippen LogP contribution in [0.4, 0.5) is 0 Å². The molecule has 1 saturated carbocycles. The highest BCUT2D eigenvalue weighted by atomic mass is 16.3. The van der Waals surface area contributed by atoms with Crippen LogP contribution < -0.4 is 5.32 Å². The number of hydrogen-bond donors (Lipinski definition) is 2. The first kappa shape index (κ1) is 13.5. The molecule has 0 aromatic rings. The van der Waals surface area contributed by atoms with Crippen molar-refractivity contribution >= 4 is 5.91 Å². The van der Waals surface area contributed by atoms with Crippen LogP contribution in [0, 0.1) is 11.8 Å². The van der Waals surface area contributed by atoms with Gasteiger partial charge in [0.1, 0.15) is 0 Å². The Morgan fingerprint density at radius 1 is 1.50 bits per heavy atom. The summed E-state index contributed by atoms with van der Waals surface area (Å²) >= 11 is 0. The lowest BCUT2D eigenvalue weighted by molar-refractivity contribution is -0.121. The zero-order valence-electron chi connectivity index (χ0n) is 10.5. The second kappa shape index (κ2) is 6.89. The Hall–Kier alpha value is -0.570. The van der Waals surface area contributed by atoms with Crippen LogP contribution in [-0.4, -0.2) is 23.7 Å². The van der Waals surface area contributed by atoms with Gasteiger partial charge in [-0.15, -0.1) is 0 Å². The molecule has 1 rings (SSSR count). The molecule has 1 fully saturated rings. The Morgan fingerprint density at radius 3 is 2.88 bits per heavy atom. The minimum absolute atomic E-state index is 0.0825. The fourth-order valence-corrected chi connectivity index (χ4v) is 2.43. The fourth-order valence-electron chi connectivity index (χ4n) is 2.43. The molecule has 0 heterocycles. The lowest BCUT2D eigenvalue weighted by Crippen LogP contribution is -2.31. The summed E-state index contributed by atoms with van der Waals surface area (Å²) in [5, 5.41) is 12.1. The van der Waals surface area contributed by atoms with E-state index < -0.39 is 0 Å². The second-order valence-corrected chi connectivity index (χ2v) is 5.33. The molecular formula is C13H25NO2. The van der Waals surface area contributed by atoms with E-state index in [0.29, 0.717) is 18.8 Å². The molecule has 3 unspecified atom stereocenters. The lowest BCUT2D eigenvalue weighted by Gasteiger charge is -2.26. The zero-order chi connectivity index (χ0) is 12.0. The quantitative estimate of drug-likeness (QED) is 0.755. The first-order valence-corrected chi connectivity index (χ1v) is 6.52. The summed E-state index contributed by atoms with van der Waals surface area (Å²) in [7, 11) is 0. The van der Waals surface area contributed by atoms with Gasteiger partial charge in [-0.05, 0) is 38.0 Å². The van der Waals surface area contributed by atoms with Gasteiger partial charge in [-0.2, -0.15) is 0 Å². The molecule has 1 amide bonds. The number of nitrogens with one attached hydrogen (secondary N) is 1. The summed E-state index contributed by atoms with van der Waals surface area (Å²) in [6, 6.07) is 0. The van der Waals surface area contributed by atoms with Crippen molar-refractivity contribution in [2.45, 2.75) is 58.5 Å². The summed E-state index contributed by atoms with van der Waals surface area (Å²) in [6.07, 6.45) is 5.77. The molecule has 94 valence electrons. The van der Waals surface area contributed by atoms with E-state index in [1.54, 1.807) is 6.92 Å². The summed E-state index contributed by atoms with van der Waals surface area (Å²) in [5.74, 6) is 1.56. The number of carbonyl (C=O) groups is 1. The maximum absolute atomic E-state index is 11.4. The molecule has 0 aromatic heterocycles. The van der Waals surface area contributed by atoms with Crippen molar-refractivity contribution in [1.82, 2.24) is 5.32 Å². The van der Waals surface area contributed by atoms with Gasteiger partial charge in [0.05, 0.1) is 6.10 Å². The van der Waals surface area contributed by atoms with Gasteiger partial charge in [-0.3, -0.25) is 4.79 Å². The van der Waals surface area contributed by atoms with Gasteiger partial charge < -0.3 is 10.4 Å². The standard InChI is InChI=1S/C13H25NO2/c1-10-4-3-5-12(8-10)9-14-13(16)7-6-11(2)15/h10-12,15H,3-9H2,1-2H3,(H,14,16). The molecule has 0 aliphatic heterocycles. The topological polar surface area (TPSA) is 49.3 Å². The third-order valence-corrected chi connectivity index (χ3v) is 3.42. The number of rotatable bonds is 5. The van der Waals surface area contributed by atoms with E-state index in [1.807, 2.05) is 0 Å². The molecule has 1 aliphatic rings. The molecule has 0 aromatic carbocycles. The van der Waals surface area contributed by atoms with Crippen molar-refractivity contribution in [3.05, 3.63) is 0 Å². The highest BCUT2D eigenvalue weighted by Gasteiger charge is 2.19. The maximum Gasteiger partial charge on any atom is 0.220 e. The van der Waals surface area contributed by atoms with Gasteiger partial charge in [0, 0.05) is 13.0 Å². The highest BCUT2D eigenvalue weighted by Crippen LogP contribution is 2.27.